The fourth-order valence-corrected chi connectivity index (χ4v) is 3.15. The van der Waals surface area contributed by atoms with E-state index in [0.717, 1.165) is 11.1 Å². The largest absolute Gasteiger partial charge is 0.456 e. The number of ether oxygens (including phenoxy) is 1. The molecule has 0 aliphatic carbocycles. The normalized spacial score (nSPS) is 11.5. The van der Waals surface area contributed by atoms with Crippen molar-refractivity contribution in [2.75, 3.05) is 0 Å². The Hall–Kier alpha value is -4.26. The highest BCUT2D eigenvalue weighted by Gasteiger charge is 2.21. The van der Waals surface area contributed by atoms with Crippen molar-refractivity contribution >= 4 is 11.9 Å². The summed E-state index contributed by atoms with van der Waals surface area (Å²) in [5.41, 5.74) is 2.10. The Morgan fingerprint density at radius 2 is 1.47 bits per heavy atom. The Kier molecular flexibility index (Phi) is 6.67. The molecule has 0 bridgehead atoms. The minimum absolute atomic E-state index is 0.0394. The number of nitrogens with one attached hydrogen (secondary N) is 1. The lowest BCUT2D eigenvalue weighted by Gasteiger charge is -2.18. The van der Waals surface area contributed by atoms with Gasteiger partial charge in [0, 0.05) is 11.1 Å². The van der Waals surface area contributed by atoms with Crippen LogP contribution >= 0.6 is 0 Å². The van der Waals surface area contributed by atoms with E-state index in [1.807, 2.05) is 66.7 Å². The minimum atomic E-state index is -0.543. The van der Waals surface area contributed by atoms with Gasteiger partial charge in [-0.05, 0) is 29.8 Å². The quantitative estimate of drug-likeness (QED) is 0.420. The lowest BCUT2D eigenvalue weighted by molar-refractivity contribution is -0.146. The zero-order valence-electron chi connectivity index (χ0n) is 17.2. The van der Waals surface area contributed by atoms with Crippen molar-refractivity contribution in [1.29, 1.82) is 0 Å². The molecule has 7 heteroatoms. The number of rotatable bonds is 8. The van der Waals surface area contributed by atoms with Gasteiger partial charge >= 0.3 is 5.97 Å². The molecule has 1 atom stereocenters. The first-order chi connectivity index (χ1) is 15.7. The van der Waals surface area contributed by atoms with Gasteiger partial charge in [0.2, 0.25) is 5.89 Å². The molecule has 0 spiro atoms. The molecule has 0 saturated heterocycles. The van der Waals surface area contributed by atoms with E-state index in [1.54, 1.807) is 24.3 Å². The van der Waals surface area contributed by atoms with Crippen molar-refractivity contribution in [3.63, 3.8) is 0 Å². The van der Waals surface area contributed by atoms with Crippen LogP contribution in [0.25, 0.3) is 11.5 Å². The van der Waals surface area contributed by atoms with Crippen LogP contribution in [0, 0.1) is 0 Å². The molecule has 1 N–H and O–H groups in total. The maximum atomic E-state index is 12.6. The number of aromatic nitrogens is 2. The van der Waals surface area contributed by atoms with Gasteiger partial charge in [0.1, 0.15) is 0 Å². The van der Waals surface area contributed by atoms with Crippen LogP contribution in [-0.4, -0.2) is 22.1 Å². The van der Waals surface area contributed by atoms with Gasteiger partial charge in [-0.3, -0.25) is 9.59 Å². The van der Waals surface area contributed by atoms with Crippen molar-refractivity contribution in [3.05, 3.63) is 108 Å². The van der Waals surface area contributed by atoms with E-state index in [1.165, 1.54) is 0 Å². The van der Waals surface area contributed by atoms with Crippen molar-refractivity contribution in [1.82, 2.24) is 15.5 Å². The molecule has 1 aromatic heterocycles. The monoisotopic (exact) mass is 427 g/mol. The Morgan fingerprint density at radius 1 is 0.844 bits per heavy atom. The molecule has 0 aliphatic rings. The van der Waals surface area contributed by atoms with Crippen LogP contribution in [0.5, 0.6) is 0 Å². The molecule has 0 fully saturated rings. The summed E-state index contributed by atoms with van der Waals surface area (Å²) in [6.45, 7) is -0.146. The van der Waals surface area contributed by atoms with Gasteiger partial charge in [0.05, 0.1) is 12.5 Å². The van der Waals surface area contributed by atoms with Crippen LogP contribution in [0.4, 0.5) is 0 Å². The predicted octanol–water partition coefficient (Wildman–Crippen LogP) is 4.34. The highest BCUT2D eigenvalue weighted by Crippen LogP contribution is 2.20. The molecule has 1 heterocycles. The average Bonchev–Trinajstić information content (AvgIpc) is 3.33. The molecule has 160 valence electrons. The Bertz CT molecular complexity index is 1160. The first-order valence-corrected chi connectivity index (χ1v) is 10.1. The Balaban J connectivity index is 1.39. The van der Waals surface area contributed by atoms with Crippen LogP contribution in [0.15, 0.2) is 95.4 Å². The predicted molar refractivity (Wildman–Crippen MR) is 117 cm³/mol. The lowest BCUT2D eigenvalue weighted by Crippen LogP contribution is -2.30. The second kappa shape index (κ2) is 10.2. The van der Waals surface area contributed by atoms with Crippen LogP contribution < -0.4 is 5.32 Å². The van der Waals surface area contributed by atoms with Gasteiger partial charge in [0.25, 0.3) is 11.8 Å². The van der Waals surface area contributed by atoms with E-state index < -0.39 is 12.0 Å². The zero-order valence-corrected chi connectivity index (χ0v) is 17.2. The second-order valence-electron chi connectivity index (χ2n) is 7.03. The Labute approximate surface area is 185 Å². The lowest BCUT2D eigenvalue weighted by atomic mass is 10.0. The molecule has 4 aromatic rings. The summed E-state index contributed by atoms with van der Waals surface area (Å²) in [5.74, 6) is -0.209. The summed E-state index contributed by atoms with van der Waals surface area (Å²) in [6, 6.07) is 26.9. The van der Waals surface area contributed by atoms with E-state index >= 15 is 0 Å². The fourth-order valence-electron chi connectivity index (χ4n) is 3.15. The first-order valence-electron chi connectivity index (χ1n) is 10.1. The molecule has 32 heavy (non-hydrogen) atoms. The van der Waals surface area contributed by atoms with Gasteiger partial charge in [-0.2, -0.15) is 0 Å². The van der Waals surface area contributed by atoms with Gasteiger partial charge in [-0.1, -0.05) is 66.7 Å². The number of hydrogen-bond acceptors (Lipinski definition) is 6. The SMILES string of the molecule is O=C(C[C@H](NC(=O)c1ccccc1)c1ccccc1)OCc1nnc(-c2ccccc2)o1. The maximum absolute atomic E-state index is 12.6. The summed E-state index contributed by atoms with van der Waals surface area (Å²) < 4.78 is 10.9. The van der Waals surface area contributed by atoms with E-state index in [2.05, 4.69) is 15.5 Å². The average molecular weight is 427 g/mol. The molecular formula is C25H21N3O4. The van der Waals surface area contributed by atoms with Crippen molar-refractivity contribution in [3.8, 4) is 11.5 Å². The molecule has 0 radical (unpaired) electrons. The highest BCUT2D eigenvalue weighted by atomic mass is 16.5. The van der Waals surface area contributed by atoms with E-state index in [9.17, 15) is 9.59 Å². The van der Waals surface area contributed by atoms with E-state index in [4.69, 9.17) is 9.15 Å². The van der Waals surface area contributed by atoms with Gasteiger partial charge in [-0.15, -0.1) is 10.2 Å². The smallest absolute Gasteiger partial charge is 0.308 e. The molecule has 0 aliphatic heterocycles. The number of nitrogens with zero attached hydrogens (tertiary/aromatic N) is 2. The summed E-state index contributed by atoms with van der Waals surface area (Å²) in [5, 5.41) is 10.8. The fraction of sp³-hybridized carbons (Fsp3) is 0.120. The molecule has 0 unspecified atom stereocenters. The number of amides is 1. The van der Waals surface area contributed by atoms with Gasteiger partial charge in [0.15, 0.2) is 6.61 Å². The minimum Gasteiger partial charge on any atom is -0.456 e. The first kappa shape index (κ1) is 21.0. The number of carbonyl (C=O) groups excluding carboxylic acids is 2. The number of esters is 1. The van der Waals surface area contributed by atoms with Crippen LogP contribution in [-0.2, 0) is 16.1 Å². The molecule has 0 saturated carbocycles. The molecule has 1 amide bonds. The second-order valence-corrected chi connectivity index (χ2v) is 7.03. The summed E-state index contributed by atoms with van der Waals surface area (Å²) in [6.07, 6.45) is -0.0394. The summed E-state index contributed by atoms with van der Waals surface area (Å²) >= 11 is 0. The topological polar surface area (TPSA) is 94.3 Å². The third kappa shape index (κ3) is 5.46. The number of carbonyl (C=O) groups is 2. The van der Waals surface area contributed by atoms with Gasteiger partial charge in [-0.25, -0.2) is 0 Å². The van der Waals surface area contributed by atoms with E-state index in [0.29, 0.717) is 11.5 Å². The summed E-state index contributed by atoms with van der Waals surface area (Å²) in [4.78, 5) is 25.2. The van der Waals surface area contributed by atoms with Crippen molar-refractivity contribution < 1.29 is 18.7 Å². The zero-order chi connectivity index (χ0) is 22.2. The molecule has 4 rings (SSSR count). The van der Waals surface area contributed by atoms with Crippen molar-refractivity contribution in [2.24, 2.45) is 0 Å². The van der Waals surface area contributed by atoms with Crippen LogP contribution in [0.3, 0.4) is 0 Å². The number of benzene rings is 3. The summed E-state index contributed by atoms with van der Waals surface area (Å²) in [7, 11) is 0. The van der Waals surface area contributed by atoms with Crippen LogP contribution in [0.2, 0.25) is 0 Å². The standard InChI is InChI=1S/C25H21N3O4/c29-23(31-17-22-27-28-25(32-22)20-14-8-3-9-15-20)16-21(18-10-4-1-5-11-18)26-24(30)19-12-6-2-7-13-19/h1-15,21H,16-17H2,(H,26,30)/t21-/m0/s1. The molecular weight excluding hydrogens is 406 g/mol. The molecule has 3 aromatic carbocycles. The third-order valence-electron chi connectivity index (χ3n) is 4.76. The highest BCUT2D eigenvalue weighted by molar-refractivity contribution is 5.94. The molecule has 7 nitrogen and oxygen atoms in total. The van der Waals surface area contributed by atoms with Gasteiger partial charge < -0.3 is 14.5 Å². The maximum Gasteiger partial charge on any atom is 0.308 e. The van der Waals surface area contributed by atoms with E-state index in [-0.39, 0.29) is 24.8 Å². The van der Waals surface area contributed by atoms with Crippen molar-refractivity contribution in [2.45, 2.75) is 19.1 Å². The Morgan fingerprint density at radius 3 is 2.16 bits per heavy atom. The number of hydrogen-bond donors (Lipinski definition) is 1. The van der Waals surface area contributed by atoms with Crippen LogP contribution in [0.1, 0.15) is 34.3 Å². The third-order valence-corrected chi connectivity index (χ3v) is 4.76.